The first-order chi connectivity index (χ1) is 8.94. The monoisotopic (exact) mass is 282 g/mol. The van der Waals surface area contributed by atoms with Crippen LogP contribution in [-0.4, -0.2) is 29.3 Å². The number of rotatable bonds is 6. The summed E-state index contributed by atoms with van der Waals surface area (Å²) in [6.45, 7) is 12.8. The maximum absolute atomic E-state index is 12.0. The van der Waals surface area contributed by atoms with Crippen LogP contribution in [0.1, 0.15) is 67.2 Å². The molecule has 2 N–H and O–H groups in total. The molecule has 0 aromatic rings. The highest BCUT2D eigenvalue weighted by Gasteiger charge is 2.44. The maximum atomic E-state index is 12.0. The third-order valence-corrected chi connectivity index (χ3v) is 3.63. The molecule has 0 heterocycles. The second-order valence-corrected chi connectivity index (χ2v) is 8.11. The van der Waals surface area contributed by atoms with Crippen molar-refractivity contribution in [3.63, 3.8) is 0 Å². The van der Waals surface area contributed by atoms with E-state index in [0.29, 0.717) is 12.8 Å². The lowest BCUT2D eigenvalue weighted by atomic mass is 9.88. The average Bonchev–Trinajstić information content (AvgIpc) is 3.01. The van der Waals surface area contributed by atoms with E-state index in [-0.39, 0.29) is 28.2 Å². The second kappa shape index (κ2) is 5.84. The lowest BCUT2D eigenvalue weighted by Gasteiger charge is -2.26. The van der Waals surface area contributed by atoms with E-state index >= 15 is 0 Å². The van der Waals surface area contributed by atoms with Crippen molar-refractivity contribution >= 4 is 11.7 Å². The predicted molar refractivity (Wildman–Crippen MR) is 81.6 cm³/mol. The van der Waals surface area contributed by atoms with Crippen LogP contribution < -0.4 is 10.6 Å². The summed E-state index contributed by atoms with van der Waals surface area (Å²) < 4.78 is 0. The average molecular weight is 282 g/mol. The van der Waals surface area contributed by atoms with Gasteiger partial charge in [-0.3, -0.25) is 9.59 Å². The van der Waals surface area contributed by atoms with Crippen molar-refractivity contribution in [2.24, 2.45) is 5.41 Å². The van der Waals surface area contributed by atoms with Gasteiger partial charge in [-0.2, -0.15) is 0 Å². The molecule has 0 bridgehead atoms. The standard InChI is InChI=1S/C16H30N2O2/c1-14(2,3)12(19)7-8-13(20)18-16(9-10-16)11-17-15(4,5)6/h17H,7-11H2,1-6H3,(H,18,20). The number of amides is 1. The lowest BCUT2D eigenvalue weighted by Crippen LogP contribution is -2.49. The Morgan fingerprint density at radius 3 is 1.95 bits per heavy atom. The van der Waals surface area contributed by atoms with Crippen LogP contribution in [0.2, 0.25) is 0 Å². The molecule has 0 radical (unpaired) electrons. The molecule has 1 fully saturated rings. The SMILES string of the molecule is CC(C)(C)NCC1(NC(=O)CCC(=O)C(C)(C)C)CC1. The molecule has 0 saturated heterocycles. The molecule has 0 atom stereocenters. The van der Waals surface area contributed by atoms with Gasteiger partial charge in [-0.15, -0.1) is 0 Å². The zero-order valence-corrected chi connectivity index (χ0v) is 13.9. The van der Waals surface area contributed by atoms with Crippen LogP contribution >= 0.6 is 0 Å². The van der Waals surface area contributed by atoms with Gasteiger partial charge in [0.05, 0.1) is 5.54 Å². The van der Waals surface area contributed by atoms with Crippen LogP contribution in [-0.2, 0) is 9.59 Å². The Balaban J connectivity index is 2.34. The number of Topliss-reactive ketones (excluding diaryl/α,β-unsaturated/α-hetero) is 1. The van der Waals surface area contributed by atoms with Crippen LogP contribution in [0.25, 0.3) is 0 Å². The van der Waals surface area contributed by atoms with Crippen molar-refractivity contribution in [2.75, 3.05) is 6.54 Å². The number of ketones is 1. The van der Waals surface area contributed by atoms with Crippen LogP contribution in [0.3, 0.4) is 0 Å². The Bertz CT molecular complexity index is 371. The number of carbonyl (C=O) groups is 2. The third-order valence-electron chi connectivity index (χ3n) is 3.63. The van der Waals surface area contributed by atoms with Crippen molar-refractivity contribution in [3.8, 4) is 0 Å². The highest BCUT2D eigenvalue weighted by molar-refractivity contribution is 5.88. The number of carbonyl (C=O) groups excluding carboxylic acids is 2. The first-order valence-electron chi connectivity index (χ1n) is 7.53. The second-order valence-electron chi connectivity index (χ2n) is 8.11. The molecule has 116 valence electrons. The molecule has 1 amide bonds. The molecule has 0 unspecified atom stereocenters. The molecule has 4 heteroatoms. The highest BCUT2D eigenvalue weighted by Crippen LogP contribution is 2.35. The molecule has 1 saturated carbocycles. The maximum Gasteiger partial charge on any atom is 0.220 e. The van der Waals surface area contributed by atoms with Gasteiger partial charge in [-0.25, -0.2) is 0 Å². The van der Waals surface area contributed by atoms with Gasteiger partial charge >= 0.3 is 0 Å². The fourth-order valence-electron chi connectivity index (χ4n) is 1.89. The van der Waals surface area contributed by atoms with E-state index in [1.54, 1.807) is 0 Å². The summed E-state index contributed by atoms with van der Waals surface area (Å²) in [7, 11) is 0. The third kappa shape index (κ3) is 6.04. The summed E-state index contributed by atoms with van der Waals surface area (Å²) in [4.78, 5) is 23.8. The smallest absolute Gasteiger partial charge is 0.220 e. The zero-order chi connectivity index (χ0) is 15.6. The molecule has 1 aliphatic carbocycles. The van der Waals surface area contributed by atoms with Crippen molar-refractivity contribution in [2.45, 2.75) is 78.3 Å². The van der Waals surface area contributed by atoms with E-state index in [1.807, 2.05) is 20.8 Å². The largest absolute Gasteiger partial charge is 0.349 e. The molecule has 4 nitrogen and oxygen atoms in total. The van der Waals surface area contributed by atoms with Gasteiger partial charge in [0.1, 0.15) is 5.78 Å². The molecular formula is C16H30N2O2. The van der Waals surface area contributed by atoms with Crippen LogP contribution in [0.5, 0.6) is 0 Å². The topological polar surface area (TPSA) is 58.2 Å². The summed E-state index contributed by atoms with van der Waals surface area (Å²) in [6.07, 6.45) is 2.68. The fourth-order valence-corrected chi connectivity index (χ4v) is 1.89. The first kappa shape index (κ1) is 17.2. The van der Waals surface area contributed by atoms with Gasteiger partial charge in [-0.05, 0) is 33.6 Å². The minimum atomic E-state index is -0.356. The van der Waals surface area contributed by atoms with E-state index in [0.717, 1.165) is 19.4 Å². The molecule has 1 rings (SSSR count). The molecule has 20 heavy (non-hydrogen) atoms. The van der Waals surface area contributed by atoms with E-state index < -0.39 is 0 Å². The summed E-state index contributed by atoms with van der Waals surface area (Å²) >= 11 is 0. The Labute approximate surface area is 123 Å². The quantitative estimate of drug-likeness (QED) is 0.786. The summed E-state index contributed by atoms with van der Waals surface area (Å²) in [6, 6.07) is 0. The van der Waals surface area contributed by atoms with Gasteiger partial charge in [0, 0.05) is 30.3 Å². The lowest BCUT2D eigenvalue weighted by molar-refractivity contribution is -0.130. The number of nitrogens with one attached hydrogen (secondary N) is 2. The van der Waals surface area contributed by atoms with E-state index in [9.17, 15) is 9.59 Å². The predicted octanol–water partition coefficient (Wildman–Crippen LogP) is 2.42. The molecular weight excluding hydrogens is 252 g/mol. The minimum absolute atomic E-state index is 0.00388. The molecule has 1 aliphatic rings. The summed E-state index contributed by atoms with van der Waals surface area (Å²) in [5, 5.41) is 6.53. The zero-order valence-electron chi connectivity index (χ0n) is 13.9. The summed E-state index contributed by atoms with van der Waals surface area (Å²) in [5.74, 6) is 0.140. The first-order valence-corrected chi connectivity index (χ1v) is 7.53. The van der Waals surface area contributed by atoms with Gasteiger partial charge in [-0.1, -0.05) is 20.8 Å². The Hall–Kier alpha value is -0.900. The van der Waals surface area contributed by atoms with Crippen molar-refractivity contribution in [1.82, 2.24) is 10.6 Å². The van der Waals surface area contributed by atoms with Crippen LogP contribution in [0, 0.1) is 5.41 Å². The fraction of sp³-hybridized carbons (Fsp3) is 0.875. The van der Waals surface area contributed by atoms with Crippen molar-refractivity contribution in [1.29, 1.82) is 0 Å². The minimum Gasteiger partial charge on any atom is -0.349 e. The van der Waals surface area contributed by atoms with Gasteiger partial charge in [0.25, 0.3) is 0 Å². The summed E-state index contributed by atoms with van der Waals surface area (Å²) in [5.41, 5.74) is -0.372. The van der Waals surface area contributed by atoms with Gasteiger partial charge in [0.15, 0.2) is 0 Å². The van der Waals surface area contributed by atoms with Crippen molar-refractivity contribution < 1.29 is 9.59 Å². The Morgan fingerprint density at radius 1 is 1.00 bits per heavy atom. The Morgan fingerprint density at radius 2 is 1.55 bits per heavy atom. The number of hydrogen-bond donors (Lipinski definition) is 2. The molecule has 0 spiro atoms. The number of hydrogen-bond acceptors (Lipinski definition) is 3. The van der Waals surface area contributed by atoms with Crippen molar-refractivity contribution in [3.05, 3.63) is 0 Å². The molecule has 0 aromatic heterocycles. The Kier molecular flexibility index (Phi) is 5.01. The van der Waals surface area contributed by atoms with E-state index in [4.69, 9.17) is 0 Å². The highest BCUT2D eigenvalue weighted by atomic mass is 16.2. The van der Waals surface area contributed by atoms with Gasteiger partial charge in [0.2, 0.25) is 5.91 Å². The van der Waals surface area contributed by atoms with E-state index in [2.05, 4.69) is 31.4 Å². The normalized spacial score (nSPS) is 17.7. The van der Waals surface area contributed by atoms with Crippen LogP contribution in [0.15, 0.2) is 0 Å². The van der Waals surface area contributed by atoms with Crippen LogP contribution in [0.4, 0.5) is 0 Å². The van der Waals surface area contributed by atoms with Gasteiger partial charge < -0.3 is 10.6 Å². The van der Waals surface area contributed by atoms with E-state index in [1.165, 1.54) is 0 Å². The molecule has 0 aliphatic heterocycles. The molecule has 0 aromatic carbocycles.